The van der Waals surface area contributed by atoms with Crippen LogP contribution in [0.2, 0.25) is 0 Å². The Labute approximate surface area is 171 Å². The molecule has 0 saturated carbocycles. The van der Waals surface area contributed by atoms with Crippen molar-refractivity contribution >= 4 is 23.3 Å². The van der Waals surface area contributed by atoms with Crippen LogP contribution in [0.15, 0.2) is 48.7 Å². The number of carbonyl (C=O) groups is 2. The standard InChI is InChI=1S/C21H19FN4O4/c1-29-14-7-8-18(30-2)16(9-14)24-21(28)17-10-19(27)25-20-15(11-23-26(17)20)12-3-5-13(22)6-4-12/h3-9,11,17H,10H2,1-2H3,(H,24,28)(H,25,27). The van der Waals surface area contributed by atoms with Gasteiger partial charge in [0, 0.05) is 11.6 Å². The second kappa shape index (κ2) is 7.86. The SMILES string of the molecule is COc1ccc(OC)c(NC(=O)C2CC(=O)Nc3c(-c4ccc(F)cc4)cnn32)c1. The summed E-state index contributed by atoms with van der Waals surface area (Å²) in [6.45, 7) is 0. The summed E-state index contributed by atoms with van der Waals surface area (Å²) in [7, 11) is 3.01. The van der Waals surface area contributed by atoms with Crippen molar-refractivity contribution in [3.05, 3.63) is 54.5 Å². The predicted molar refractivity (Wildman–Crippen MR) is 108 cm³/mol. The zero-order chi connectivity index (χ0) is 21.3. The summed E-state index contributed by atoms with van der Waals surface area (Å²) >= 11 is 0. The van der Waals surface area contributed by atoms with Crippen LogP contribution >= 0.6 is 0 Å². The summed E-state index contributed by atoms with van der Waals surface area (Å²) in [5.41, 5.74) is 1.69. The van der Waals surface area contributed by atoms with Crippen molar-refractivity contribution in [2.24, 2.45) is 0 Å². The molecule has 1 aromatic heterocycles. The molecular formula is C21H19FN4O4. The number of amides is 2. The number of benzene rings is 2. The van der Waals surface area contributed by atoms with Crippen molar-refractivity contribution < 1.29 is 23.5 Å². The Bertz CT molecular complexity index is 1110. The van der Waals surface area contributed by atoms with Crippen molar-refractivity contribution in [1.82, 2.24) is 9.78 Å². The van der Waals surface area contributed by atoms with Crippen LogP contribution in [0, 0.1) is 5.82 Å². The number of anilines is 2. The first kappa shape index (κ1) is 19.4. The van der Waals surface area contributed by atoms with Crippen molar-refractivity contribution in [2.45, 2.75) is 12.5 Å². The molecular weight excluding hydrogens is 391 g/mol. The van der Waals surface area contributed by atoms with Crippen molar-refractivity contribution in [2.75, 3.05) is 24.9 Å². The Morgan fingerprint density at radius 1 is 1.20 bits per heavy atom. The van der Waals surface area contributed by atoms with Crippen molar-refractivity contribution in [3.8, 4) is 22.6 Å². The molecule has 154 valence electrons. The molecule has 9 heteroatoms. The zero-order valence-electron chi connectivity index (χ0n) is 16.3. The molecule has 1 aliphatic heterocycles. The fourth-order valence-electron chi connectivity index (χ4n) is 3.34. The summed E-state index contributed by atoms with van der Waals surface area (Å²) in [5, 5.41) is 9.85. The minimum atomic E-state index is -0.862. The van der Waals surface area contributed by atoms with Gasteiger partial charge >= 0.3 is 0 Å². The van der Waals surface area contributed by atoms with E-state index in [4.69, 9.17) is 9.47 Å². The minimum Gasteiger partial charge on any atom is -0.497 e. The van der Waals surface area contributed by atoms with E-state index >= 15 is 0 Å². The Balaban J connectivity index is 1.66. The summed E-state index contributed by atoms with van der Waals surface area (Å²) in [6.07, 6.45) is 1.47. The fourth-order valence-corrected chi connectivity index (χ4v) is 3.34. The number of methoxy groups -OCH3 is 2. The first-order valence-electron chi connectivity index (χ1n) is 9.16. The van der Waals surface area contributed by atoms with Crippen LogP contribution in [-0.2, 0) is 9.59 Å². The number of fused-ring (bicyclic) bond motifs is 1. The number of hydrogen-bond donors (Lipinski definition) is 2. The van der Waals surface area contributed by atoms with E-state index in [1.165, 1.54) is 31.0 Å². The molecule has 0 saturated heterocycles. The average Bonchev–Trinajstić information content (AvgIpc) is 3.17. The van der Waals surface area contributed by atoms with Crippen LogP contribution in [0.3, 0.4) is 0 Å². The fraction of sp³-hybridized carbons (Fsp3) is 0.190. The molecule has 0 radical (unpaired) electrons. The van der Waals surface area contributed by atoms with E-state index in [1.807, 2.05) is 0 Å². The van der Waals surface area contributed by atoms with Gasteiger partial charge in [-0.25, -0.2) is 9.07 Å². The van der Waals surface area contributed by atoms with Crippen LogP contribution in [0.1, 0.15) is 12.5 Å². The lowest BCUT2D eigenvalue weighted by Crippen LogP contribution is -2.35. The van der Waals surface area contributed by atoms with Gasteiger partial charge in [-0.3, -0.25) is 9.59 Å². The van der Waals surface area contributed by atoms with E-state index in [1.54, 1.807) is 36.5 Å². The number of aromatic nitrogens is 2. The van der Waals surface area contributed by atoms with Crippen LogP contribution < -0.4 is 20.1 Å². The molecule has 1 aliphatic rings. The minimum absolute atomic E-state index is 0.0738. The highest BCUT2D eigenvalue weighted by Crippen LogP contribution is 2.35. The largest absolute Gasteiger partial charge is 0.497 e. The summed E-state index contributed by atoms with van der Waals surface area (Å²) < 4.78 is 25.2. The summed E-state index contributed by atoms with van der Waals surface area (Å²) in [4.78, 5) is 25.4. The number of nitrogens with zero attached hydrogens (tertiary/aromatic N) is 2. The highest BCUT2D eigenvalue weighted by atomic mass is 19.1. The first-order valence-corrected chi connectivity index (χ1v) is 9.16. The van der Waals surface area contributed by atoms with Crippen LogP contribution in [0.4, 0.5) is 15.9 Å². The maximum absolute atomic E-state index is 13.3. The number of carbonyl (C=O) groups excluding carboxylic acids is 2. The third-order valence-corrected chi connectivity index (χ3v) is 4.85. The molecule has 0 spiro atoms. The van der Waals surface area contributed by atoms with Crippen LogP contribution in [0.5, 0.6) is 11.5 Å². The maximum Gasteiger partial charge on any atom is 0.249 e. The van der Waals surface area contributed by atoms with E-state index in [-0.39, 0.29) is 18.1 Å². The van der Waals surface area contributed by atoms with Crippen LogP contribution in [0.25, 0.3) is 11.1 Å². The van der Waals surface area contributed by atoms with E-state index in [0.717, 1.165) is 0 Å². The summed E-state index contributed by atoms with van der Waals surface area (Å²) in [6, 6.07) is 9.98. The molecule has 8 nitrogen and oxygen atoms in total. The van der Waals surface area contributed by atoms with Gasteiger partial charge in [-0.05, 0) is 29.8 Å². The number of halogens is 1. The monoisotopic (exact) mass is 410 g/mol. The third kappa shape index (κ3) is 3.57. The topological polar surface area (TPSA) is 94.5 Å². The van der Waals surface area contributed by atoms with Gasteiger partial charge in [0.25, 0.3) is 0 Å². The van der Waals surface area contributed by atoms with E-state index < -0.39 is 11.9 Å². The highest BCUT2D eigenvalue weighted by Gasteiger charge is 2.33. The Morgan fingerprint density at radius 2 is 1.97 bits per heavy atom. The lowest BCUT2D eigenvalue weighted by atomic mass is 10.1. The molecule has 2 N–H and O–H groups in total. The molecule has 30 heavy (non-hydrogen) atoms. The van der Waals surface area contributed by atoms with Gasteiger partial charge in [0.15, 0.2) is 0 Å². The summed E-state index contributed by atoms with van der Waals surface area (Å²) in [5.74, 6) is 0.280. The molecule has 1 atom stereocenters. The Morgan fingerprint density at radius 3 is 2.67 bits per heavy atom. The molecule has 2 amide bonds. The second-order valence-electron chi connectivity index (χ2n) is 6.68. The molecule has 4 rings (SSSR count). The van der Waals surface area contributed by atoms with Crippen LogP contribution in [-0.4, -0.2) is 35.8 Å². The molecule has 0 fully saturated rings. The van der Waals surface area contributed by atoms with Gasteiger partial charge in [0.05, 0.1) is 32.5 Å². The Hall–Kier alpha value is -3.88. The van der Waals surface area contributed by atoms with Crippen molar-refractivity contribution in [1.29, 1.82) is 0 Å². The molecule has 1 unspecified atom stereocenters. The number of nitrogens with one attached hydrogen (secondary N) is 2. The lowest BCUT2D eigenvalue weighted by molar-refractivity contribution is -0.125. The molecule has 2 aromatic carbocycles. The van der Waals surface area contributed by atoms with Gasteiger partial charge in [-0.1, -0.05) is 12.1 Å². The van der Waals surface area contributed by atoms with Gasteiger partial charge in [-0.15, -0.1) is 0 Å². The number of ether oxygens (including phenoxy) is 2. The molecule has 2 heterocycles. The van der Waals surface area contributed by atoms with Crippen molar-refractivity contribution in [3.63, 3.8) is 0 Å². The normalized spacial score (nSPS) is 15.2. The maximum atomic E-state index is 13.3. The van der Waals surface area contributed by atoms with Gasteiger partial charge in [0.1, 0.15) is 29.2 Å². The molecule has 3 aromatic rings. The quantitative estimate of drug-likeness (QED) is 0.674. The predicted octanol–water partition coefficient (Wildman–Crippen LogP) is 3.23. The smallest absolute Gasteiger partial charge is 0.249 e. The number of hydrogen-bond acceptors (Lipinski definition) is 5. The van der Waals surface area contributed by atoms with E-state index in [2.05, 4.69) is 15.7 Å². The zero-order valence-corrected chi connectivity index (χ0v) is 16.3. The number of rotatable bonds is 5. The van der Waals surface area contributed by atoms with Gasteiger partial charge in [0.2, 0.25) is 11.8 Å². The van der Waals surface area contributed by atoms with Gasteiger partial charge in [-0.2, -0.15) is 5.10 Å². The van der Waals surface area contributed by atoms with E-state index in [0.29, 0.717) is 34.1 Å². The highest BCUT2D eigenvalue weighted by molar-refractivity contribution is 6.03. The third-order valence-electron chi connectivity index (χ3n) is 4.85. The lowest BCUT2D eigenvalue weighted by Gasteiger charge is -2.25. The average molecular weight is 410 g/mol. The first-order chi connectivity index (χ1) is 14.5. The van der Waals surface area contributed by atoms with Gasteiger partial charge < -0.3 is 20.1 Å². The Kier molecular flexibility index (Phi) is 5.09. The molecule has 0 bridgehead atoms. The molecule has 0 aliphatic carbocycles. The van der Waals surface area contributed by atoms with E-state index in [9.17, 15) is 14.0 Å². The second-order valence-corrected chi connectivity index (χ2v) is 6.68.